The summed E-state index contributed by atoms with van der Waals surface area (Å²) in [7, 11) is 0. The lowest BCUT2D eigenvalue weighted by atomic mass is 10.1. The van der Waals surface area contributed by atoms with Crippen LogP contribution < -0.4 is 0 Å². The molecule has 19 heavy (non-hydrogen) atoms. The van der Waals surface area contributed by atoms with E-state index in [0.717, 1.165) is 4.90 Å². The molecule has 2 aromatic rings. The number of aryl methyl sites for hydroxylation is 1. The highest BCUT2D eigenvalue weighted by atomic mass is 35.5. The average molecular weight is 297 g/mol. The van der Waals surface area contributed by atoms with Gasteiger partial charge in [0.15, 0.2) is 0 Å². The molecule has 0 aromatic heterocycles. The lowest BCUT2D eigenvalue weighted by molar-refractivity contribution is 0.203. The number of hydrogen-bond acceptors (Lipinski definition) is 2. The van der Waals surface area contributed by atoms with Gasteiger partial charge in [0.05, 0.1) is 6.10 Å². The molecule has 1 N–H and O–H groups in total. The summed E-state index contributed by atoms with van der Waals surface area (Å²) in [6.07, 6.45) is -0.684. The molecule has 0 fully saturated rings. The molecule has 0 bridgehead atoms. The second-order valence-corrected chi connectivity index (χ2v) is 5.82. The Bertz CT molecular complexity index is 557. The van der Waals surface area contributed by atoms with Gasteiger partial charge in [0, 0.05) is 15.7 Å². The summed E-state index contributed by atoms with van der Waals surface area (Å²) in [4.78, 5) is 1.02. The molecule has 0 aliphatic rings. The Morgan fingerprint density at radius 2 is 1.89 bits per heavy atom. The van der Waals surface area contributed by atoms with Crippen LogP contribution in [0.15, 0.2) is 47.4 Å². The molecule has 0 radical (unpaired) electrons. The van der Waals surface area contributed by atoms with E-state index in [1.54, 1.807) is 19.1 Å². The maximum atomic E-state index is 13.4. The van der Waals surface area contributed by atoms with Gasteiger partial charge in [0.1, 0.15) is 5.82 Å². The molecule has 4 heteroatoms. The maximum absolute atomic E-state index is 13.4. The standard InChI is InChI=1S/C15H14ClFOS/c1-10-2-3-11(8-14(10)17)15(18)9-19-13-6-4-12(16)5-7-13/h2-8,15,18H,9H2,1H3. The van der Waals surface area contributed by atoms with Crippen molar-refractivity contribution in [2.24, 2.45) is 0 Å². The zero-order valence-corrected chi connectivity index (χ0v) is 12.0. The Kier molecular flexibility index (Phi) is 4.86. The summed E-state index contributed by atoms with van der Waals surface area (Å²) in [6.45, 7) is 1.70. The molecule has 2 aromatic carbocycles. The molecule has 0 heterocycles. The van der Waals surface area contributed by atoms with Crippen LogP contribution in [0.3, 0.4) is 0 Å². The van der Waals surface area contributed by atoms with Crippen LogP contribution in [0, 0.1) is 12.7 Å². The number of aliphatic hydroxyl groups is 1. The van der Waals surface area contributed by atoms with Crippen LogP contribution in [-0.4, -0.2) is 10.9 Å². The molecule has 0 aliphatic heterocycles. The number of hydrogen-bond donors (Lipinski definition) is 1. The third kappa shape index (κ3) is 3.96. The molecule has 0 spiro atoms. The third-order valence-corrected chi connectivity index (χ3v) is 4.14. The first-order valence-electron chi connectivity index (χ1n) is 5.89. The summed E-state index contributed by atoms with van der Waals surface area (Å²) in [5.41, 5.74) is 1.19. The monoisotopic (exact) mass is 296 g/mol. The topological polar surface area (TPSA) is 20.2 Å². The van der Waals surface area contributed by atoms with Gasteiger partial charge in [-0.3, -0.25) is 0 Å². The Labute approximate surface area is 121 Å². The van der Waals surface area contributed by atoms with Crippen molar-refractivity contribution in [1.82, 2.24) is 0 Å². The normalized spacial score (nSPS) is 12.4. The third-order valence-electron chi connectivity index (χ3n) is 2.80. The maximum Gasteiger partial charge on any atom is 0.126 e. The molecule has 1 nitrogen and oxygen atoms in total. The molecular formula is C15H14ClFOS. The highest BCUT2D eigenvalue weighted by Gasteiger charge is 2.10. The van der Waals surface area contributed by atoms with Gasteiger partial charge in [-0.05, 0) is 48.4 Å². The molecule has 0 amide bonds. The second-order valence-electron chi connectivity index (χ2n) is 4.29. The zero-order chi connectivity index (χ0) is 13.8. The minimum Gasteiger partial charge on any atom is -0.388 e. The first kappa shape index (κ1) is 14.4. The van der Waals surface area contributed by atoms with Gasteiger partial charge in [-0.15, -0.1) is 11.8 Å². The fraction of sp³-hybridized carbons (Fsp3) is 0.200. The highest BCUT2D eigenvalue weighted by molar-refractivity contribution is 7.99. The summed E-state index contributed by atoms with van der Waals surface area (Å²) in [6, 6.07) is 12.2. The van der Waals surface area contributed by atoms with E-state index >= 15 is 0 Å². The van der Waals surface area contributed by atoms with Crippen LogP contribution in [0.5, 0.6) is 0 Å². The summed E-state index contributed by atoms with van der Waals surface area (Å²) in [5.74, 6) is 0.192. The number of benzene rings is 2. The number of aliphatic hydroxyl groups excluding tert-OH is 1. The molecule has 100 valence electrons. The van der Waals surface area contributed by atoms with Crippen LogP contribution in [-0.2, 0) is 0 Å². The lowest BCUT2D eigenvalue weighted by Gasteiger charge is -2.11. The molecule has 2 rings (SSSR count). The predicted molar refractivity (Wildman–Crippen MR) is 78.3 cm³/mol. The van der Waals surface area contributed by atoms with Crippen molar-refractivity contribution in [3.8, 4) is 0 Å². The van der Waals surface area contributed by atoms with Crippen molar-refractivity contribution < 1.29 is 9.50 Å². The first-order chi connectivity index (χ1) is 9.06. The van der Waals surface area contributed by atoms with E-state index in [9.17, 15) is 9.50 Å². The SMILES string of the molecule is Cc1ccc(C(O)CSc2ccc(Cl)cc2)cc1F. The van der Waals surface area contributed by atoms with Crippen LogP contribution in [0.4, 0.5) is 4.39 Å². The first-order valence-corrected chi connectivity index (χ1v) is 7.25. The van der Waals surface area contributed by atoms with Crippen molar-refractivity contribution >= 4 is 23.4 Å². The van der Waals surface area contributed by atoms with Gasteiger partial charge < -0.3 is 5.11 Å². The largest absolute Gasteiger partial charge is 0.388 e. The van der Waals surface area contributed by atoms with E-state index in [-0.39, 0.29) is 5.82 Å². The van der Waals surface area contributed by atoms with Crippen molar-refractivity contribution in [2.75, 3.05) is 5.75 Å². The molecule has 0 aliphatic carbocycles. The number of thioether (sulfide) groups is 1. The molecule has 1 unspecified atom stereocenters. The molecule has 1 atom stereocenters. The van der Waals surface area contributed by atoms with Gasteiger partial charge in [-0.1, -0.05) is 23.7 Å². The van der Waals surface area contributed by atoms with E-state index in [4.69, 9.17) is 11.6 Å². The minimum absolute atomic E-state index is 0.284. The zero-order valence-electron chi connectivity index (χ0n) is 10.4. The quantitative estimate of drug-likeness (QED) is 0.831. The Morgan fingerprint density at radius 3 is 2.53 bits per heavy atom. The molecular weight excluding hydrogens is 283 g/mol. The van der Waals surface area contributed by atoms with Crippen molar-refractivity contribution in [3.05, 3.63) is 64.4 Å². The molecule has 0 saturated heterocycles. The smallest absolute Gasteiger partial charge is 0.126 e. The van der Waals surface area contributed by atoms with Crippen LogP contribution in [0.1, 0.15) is 17.2 Å². The van der Waals surface area contributed by atoms with Crippen LogP contribution in [0.25, 0.3) is 0 Å². The Hall–Kier alpha value is -1.03. The summed E-state index contributed by atoms with van der Waals surface area (Å²) < 4.78 is 13.4. The van der Waals surface area contributed by atoms with Gasteiger partial charge in [0.2, 0.25) is 0 Å². The lowest BCUT2D eigenvalue weighted by Crippen LogP contribution is -2.01. The van der Waals surface area contributed by atoms with Gasteiger partial charge in [-0.25, -0.2) is 4.39 Å². The van der Waals surface area contributed by atoms with E-state index in [2.05, 4.69) is 0 Å². The van der Waals surface area contributed by atoms with E-state index in [1.165, 1.54) is 17.8 Å². The average Bonchev–Trinajstić information content (AvgIpc) is 2.41. The van der Waals surface area contributed by atoms with Gasteiger partial charge >= 0.3 is 0 Å². The van der Waals surface area contributed by atoms with Crippen molar-refractivity contribution in [3.63, 3.8) is 0 Å². The summed E-state index contributed by atoms with van der Waals surface area (Å²) in [5, 5.41) is 10.7. The van der Waals surface area contributed by atoms with Crippen LogP contribution >= 0.6 is 23.4 Å². The Balaban J connectivity index is 1.98. The summed E-state index contributed by atoms with van der Waals surface area (Å²) >= 11 is 7.31. The van der Waals surface area contributed by atoms with Gasteiger partial charge in [0.25, 0.3) is 0 Å². The molecule has 0 saturated carbocycles. The van der Waals surface area contributed by atoms with Gasteiger partial charge in [-0.2, -0.15) is 0 Å². The Morgan fingerprint density at radius 1 is 1.21 bits per heavy atom. The second kappa shape index (κ2) is 6.42. The number of halogens is 2. The number of rotatable bonds is 4. The van der Waals surface area contributed by atoms with Crippen molar-refractivity contribution in [2.45, 2.75) is 17.9 Å². The predicted octanol–water partition coefficient (Wildman–Crippen LogP) is 4.61. The van der Waals surface area contributed by atoms with E-state index in [1.807, 2.05) is 24.3 Å². The van der Waals surface area contributed by atoms with Crippen molar-refractivity contribution in [1.29, 1.82) is 0 Å². The highest BCUT2D eigenvalue weighted by Crippen LogP contribution is 2.26. The van der Waals surface area contributed by atoms with E-state index in [0.29, 0.717) is 21.9 Å². The van der Waals surface area contributed by atoms with E-state index < -0.39 is 6.10 Å². The fourth-order valence-corrected chi connectivity index (χ4v) is 2.62. The fourth-order valence-electron chi connectivity index (χ4n) is 1.62. The minimum atomic E-state index is -0.684. The van der Waals surface area contributed by atoms with Crippen LogP contribution in [0.2, 0.25) is 5.02 Å².